The molecule has 1 aromatic rings. The summed E-state index contributed by atoms with van der Waals surface area (Å²) in [7, 11) is -2.03. The average Bonchev–Trinajstić information content (AvgIpc) is 2.52. The van der Waals surface area contributed by atoms with Gasteiger partial charge in [-0.1, -0.05) is 25.1 Å². The first-order valence-electron chi connectivity index (χ1n) is 7.27. The molecule has 2 N–H and O–H groups in total. The smallest absolute Gasteiger partial charge is 0.317 e. The lowest BCUT2D eigenvalue weighted by Gasteiger charge is -2.22. The van der Waals surface area contributed by atoms with Crippen molar-refractivity contribution in [1.29, 1.82) is 0 Å². The first kappa shape index (κ1) is 19.0. The minimum absolute atomic E-state index is 0.0586. The molecule has 0 saturated carbocycles. The zero-order chi connectivity index (χ0) is 17.5. The Morgan fingerprint density at radius 1 is 1.26 bits per heavy atom. The molecule has 0 aromatic heterocycles. The van der Waals surface area contributed by atoms with E-state index in [4.69, 9.17) is 5.11 Å². The molecule has 0 aliphatic carbocycles. The van der Waals surface area contributed by atoms with Crippen LogP contribution in [0.15, 0.2) is 35.2 Å². The minimum atomic E-state index is -3.50. The molecule has 7 nitrogen and oxygen atoms in total. The second-order valence-electron chi connectivity index (χ2n) is 5.21. The van der Waals surface area contributed by atoms with Gasteiger partial charge in [-0.15, -0.1) is 0 Å². The Kier molecular flexibility index (Phi) is 7.02. The molecule has 0 bridgehead atoms. The molecule has 0 fully saturated rings. The van der Waals surface area contributed by atoms with Gasteiger partial charge in [0.15, 0.2) is 9.84 Å². The van der Waals surface area contributed by atoms with Crippen molar-refractivity contribution in [2.24, 2.45) is 0 Å². The number of urea groups is 1. The standard InChI is InChI=1S/C15H22N2O5S/c1-3-12(16-15(20)17(2)10-9-14(18)19)11-23(21,22)13-7-5-4-6-8-13/h4-8,12H,3,9-11H2,1-2H3,(H,16,20)(H,18,19). The van der Waals surface area contributed by atoms with Gasteiger partial charge in [0.1, 0.15) is 0 Å². The van der Waals surface area contributed by atoms with Crippen molar-refractivity contribution < 1.29 is 23.1 Å². The second kappa shape index (κ2) is 8.52. The highest BCUT2D eigenvalue weighted by Gasteiger charge is 2.22. The number of nitrogens with zero attached hydrogens (tertiary/aromatic N) is 1. The molecule has 1 unspecified atom stereocenters. The van der Waals surface area contributed by atoms with Crippen molar-refractivity contribution in [1.82, 2.24) is 10.2 Å². The number of carbonyl (C=O) groups is 2. The molecule has 1 aromatic carbocycles. The van der Waals surface area contributed by atoms with E-state index in [-0.39, 0.29) is 23.6 Å². The summed E-state index contributed by atoms with van der Waals surface area (Å²) in [5.41, 5.74) is 0. The van der Waals surface area contributed by atoms with E-state index in [1.165, 1.54) is 24.1 Å². The third kappa shape index (κ3) is 6.27. The molecule has 0 radical (unpaired) electrons. The summed E-state index contributed by atoms with van der Waals surface area (Å²) in [4.78, 5) is 23.9. The van der Waals surface area contributed by atoms with E-state index in [0.717, 1.165) is 0 Å². The number of carbonyl (C=O) groups excluding carboxylic acids is 1. The zero-order valence-electron chi connectivity index (χ0n) is 13.2. The zero-order valence-corrected chi connectivity index (χ0v) is 14.0. The maximum Gasteiger partial charge on any atom is 0.317 e. The van der Waals surface area contributed by atoms with Gasteiger partial charge < -0.3 is 15.3 Å². The van der Waals surface area contributed by atoms with Gasteiger partial charge in [0.2, 0.25) is 0 Å². The van der Waals surface area contributed by atoms with E-state index >= 15 is 0 Å². The van der Waals surface area contributed by atoms with Crippen LogP contribution in [0, 0.1) is 0 Å². The van der Waals surface area contributed by atoms with Crippen LogP contribution in [0.4, 0.5) is 4.79 Å². The van der Waals surface area contributed by atoms with Crippen LogP contribution in [0.5, 0.6) is 0 Å². The molecule has 0 heterocycles. The third-order valence-electron chi connectivity index (χ3n) is 3.35. The van der Waals surface area contributed by atoms with Gasteiger partial charge in [-0.2, -0.15) is 0 Å². The first-order chi connectivity index (χ1) is 10.8. The van der Waals surface area contributed by atoms with Crippen LogP contribution < -0.4 is 5.32 Å². The Morgan fingerprint density at radius 3 is 2.39 bits per heavy atom. The van der Waals surface area contributed by atoms with Crippen LogP contribution in [0.3, 0.4) is 0 Å². The van der Waals surface area contributed by atoms with E-state index in [1.54, 1.807) is 25.1 Å². The molecule has 128 valence electrons. The van der Waals surface area contributed by atoms with Gasteiger partial charge in [0, 0.05) is 19.6 Å². The molecule has 0 saturated heterocycles. The highest BCUT2D eigenvalue weighted by Crippen LogP contribution is 2.12. The van der Waals surface area contributed by atoms with Crippen LogP contribution >= 0.6 is 0 Å². The average molecular weight is 342 g/mol. The number of amides is 2. The number of carboxylic acids is 1. The quantitative estimate of drug-likeness (QED) is 0.742. The predicted octanol–water partition coefficient (Wildman–Crippen LogP) is 1.35. The van der Waals surface area contributed by atoms with Gasteiger partial charge >= 0.3 is 12.0 Å². The highest BCUT2D eigenvalue weighted by atomic mass is 32.2. The summed E-state index contributed by atoms with van der Waals surface area (Å²) in [5.74, 6) is -1.20. The lowest BCUT2D eigenvalue weighted by Crippen LogP contribution is -2.46. The molecule has 23 heavy (non-hydrogen) atoms. The molecular weight excluding hydrogens is 320 g/mol. The summed E-state index contributed by atoms with van der Waals surface area (Å²) in [6.07, 6.45) is 0.285. The van der Waals surface area contributed by atoms with E-state index in [2.05, 4.69) is 5.32 Å². The van der Waals surface area contributed by atoms with Crippen molar-refractivity contribution in [3.8, 4) is 0 Å². The van der Waals surface area contributed by atoms with Gasteiger partial charge in [-0.25, -0.2) is 13.2 Å². The molecule has 0 aliphatic rings. The van der Waals surface area contributed by atoms with E-state index in [9.17, 15) is 18.0 Å². The first-order valence-corrected chi connectivity index (χ1v) is 8.92. The van der Waals surface area contributed by atoms with Crippen LogP contribution in [0.1, 0.15) is 19.8 Å². The van der Waals surface area contributed by atoms with E-state index < -0.39 is 27.9 Å². The van der Waals surface area contributed by atoms with Gasteiger partial charge in [-0.05, 0) is 18.6 Å². The van der Waals surface area contributed by atoms with Gasteiger partial charge in [0.25, 0.3) is 0 Å². The SMILES string of the molecule is CCC(CS(=O)(=O)c1ccccc1)NC(=O)N(C)CCC(=O)O. The Labute approximate surface area is 136 Å². The second-order valence-corrected chi connectivity index (χ2v) is 7.25. The summed E-state index contributed by atoms with van der Waals surface area (Å²) in [6, 6.07) is 7.03. The number of nitrogens with one attached hydrogen (secondary N) is 1. The molecule has 0 spiro atoms. The predicted molar refractivity (Wildman–Crippen MR) is 86.0 cm³/mol. The molecule has 0 aliphatic heterocycles. The van der Waals surface area contributed by atoms with Crippen LogP contribution in [0.2, 0.25) is 0 Å². The highest BCUT2D eigenvalue weighted by molar-refractivity contribution is 7.91. The van der Waals surface area contributed by atoms with E-state index in [1.807, 2.05) is 0 Å². The van der Waals surface area contributed by atoms with Crippen molar-refractivity contribution in [3.05, 3.63) is 30.3 Å². The topological polar surface area (TPSA) is 104 Å². The maximum absolute atomic E-state index is 12.3. The number of rotatable bonds is 8. The Hall–Kier alpha value is -2.09. The Balaban J connectivity index is 2.67. The van der Waals surface area contributed by atoms with Crippen molar-refractivity contribution in [2.45, 2.75) is 30.7 Å². The maximum atomic E-state index is 12.3. The fraction of sp³-hybridized carbons (Fsp3) is 0.467. The summed E-state index contributed by atoms with van der Waals surface area (Å²) >= 11 is 0. The monoisotopic (exact) mass is 342 g/mol. The number of hydrogen-bond donors (Lipinski definition) is 2. The van der Waals surface area contributed by atoms with Crippen molar-refractivity contribution >= 4 is 21.8 Å². The Morgan fingerprint density at radius 2 is 1.87 bits per heavy atom. The summed E-state index contributed by atoms with van der Waals surface area (Å²) in [5, 5.41) is 11.2. The molecule has 1 rings (SSSR count). The van der Waals surface area contributed by atoms with E-state index in [0.29, 0.717) is 6.42 Å². The fourth-order valence-electron chi connectivity index (χ4n) is 1.90. The van der Waals surface area contributed by atoms with Gasteiger partial charge in [-0.3, -0.25) is 4.79 Å². The van der Waals surface area contributed by atoms with Crippen molar-refractivity contribution in [2.75, 3.05) is 19.3 Å². The van der Waals surface area contributed by atoms with Crippen LogP contribution in [-0.4, -0.2) is 55.8 Å². The number of benzene rings is 1. The third-order valence-corrected chi connectivity index (χ3v) is 5.18. The number of sulfone groups is 1. The van der Waals surface area contributed by atoms with Crippen LogP contribution in [0.25, 0.3) is 0 Å². The van der Waals surface area contributed by atoms with Crippen molar-refractivity contribution in [3.63, 3.8) is 0 Å². The molecule has 1 atom stereocenters. The lowest BCUT2D eigenvalue weighted by molar-refractivity contribution is -0.137. The summed E-state index contributed by atoms with van der Waals surface area (Å²) < 4.78 is 24.7. The lowest BCUT2D eigenvalue weighted by atomic mass is 10.2. The summed E-state index contributed by atoms with van der Waals surface area (Å²) in [6.45, 7) is 1.84. The molecule has 8 heteroatoms. The number of hydrogen-bond acceptors (Lipinski definition) is 4. The largest absolute Gasteiger partial charge is 0.481 e. The fourth-order valence-corrected chi connectivity index (χ4v) is 3.51. The Bertz CT molecular complexity index is 631. The number of aliphatic carboxylic acids is 1. The minimum Gasteiger partial charge on any atom is -0.481 e. The molecular formula is C15H22N2O5S. The van der Waals surface area contributed by atoms with Gasteiger partial charge in [0.05, 0.1) is 17.1 Å². The normalized spacial score (nSPS) is 12.4. The molecule has 2 amide bonds. The van der Waals surface area contributed by atoms with Crippen LogP contribution in [-0.2, 0) is 14.6 Å². The number of carboxylic acid groups (broad SMARTS) is 1.